The zero-order valence-electron chi connectivity index (χ0n) is 11.3. The average molecular weight is 266 g/mol. The summed E-state index contributed by atoms with van der Waals surface area (Å²) >= 11 is 4.02. The molecular weight excluding hydrogens is 244 g/mol. The number of thiol groups is 1. The Morgan fingerprint density at radius 1 is 1.22 bits per heavy atom. The van der Waals surface area contributed by atoms with E-state index in [1.54, 1.807) is 0 Å². The lowest BCUT2D eigenvalue weighted by atomic mass is 9.97. The third-order valence-corrected chi connectivity index (χ3v) is 3.00. The second kappa shape index (κ2) is 7.47. The molecule has 0 saturated carbocycles. The maximum Gasteiger partial charge on any atom is 0.313 e. The van der Waals surface area contributed by atoms with Crippen LogP contribution in [0.2, 0.25) is 0 Å². The molecule has 0 radical (unpaired) electrons. The van der Waals surface area contributed by atoms with Crippen molar-refractivity contribution in [3.63, 3.8) is 0 Å². The zero-order valence-corrected chi connectivity index (χ0v) is 12.2. The topological polar surface area (TPSA) is 26.3 Å². The van der Waals surface area contributed by atoms with Crippen LogP contribution in [0.15, 0.2) is 24.3 Å². The molecule has 0 amide bonds. The highest BCUT2D eigenvalue weighted by Crippen LogP contribution is 2.18. The molecule has 3 heteroatoms. The Hall–Kier alpha value is -0.960. The zero-order chi connectivity index (χ0) is 13.5. The number of benzene rings is 1. The van der Waals surface area contributed by atoms with Gasteiger partial charge in [0, 0.05) is 5.75 Å². The summed E-state index contributed by atoms with van der Waals surface area (Å²) in [4.78, 5) is 11.7. The van der Waals surface area contributed by atoms with Crippen LogP contribution in [0.3, 0.4) is 0 Å². The van der Waals surface area contributed by atoms with Crippen LogP contribution >= 0.6 is 12.6 Å². The average Bonchev–Trinajstić information content (AvgIpc) is 2.35. The minimum Gasteiger partial charge on any atom is -0.464 e. The van der Waals surface area contributed by atoms with E-state index in [4.69, 9.17) is 4.74 Å². The van der Waals surface area contributed by atoms with E-state index in [0.717, 1.165) is 12.0 Å². The van der Waals surface area contributed by atoms with Gasteiger partial charge < -0.3 is 4.74 Å². The van der Waals surface area contributed by atoms with Gasteiger partial charge in [-0.15, -0.1) is 0 Å². The summed E-state index contributed by atoms with van der Waals surface area (Å²) in [6, 6.07) is 8.23. The summed E-state index contributed by atoms with van der Waals surface area (Å²) in [7, 11) is 0. The van der Waals surface area contributed by atoms with E-state index in [2.05, 4.69) is 38.6 Å². The lowest BCUT2D eigenvalue weighted by molar-refractivity contribution is -0.144. The Balaban J connectivity index is 2.63. The van der Waals surface area contributed by atoms with Gasteiger partial charge in [-0.25, -0.2) is 0 Å². The lowest BCUT2D eigenvalue weighted by Crippen LogP contribution is -2.14. The Morgan fingerprint density at radius 3 is 2.33 bits per heavy atom. The highest BCUT2D eigenvalue weighted by atomic mass is 32.1. The number of ether oxygens (including phenoxy) is 1. The van der Waals surface area contributed by atoms with Crippen LogP contribution in [0.1, 0.15) is 37.8 Å². The molecule has 0 bridgehead atoms. The minimum atomic E-state index is -0.210. The fraction of sp³-hybridized carbons (Fsp3) is 0.533. The number of hydrogen-bond acceptors (Lipinski definition) is 3. The number of carbonyl (C=O) groups is 1. The quantitative estimate of drug-likeness (QED) is 0.630. The molecule has 1 aromatic rings. The van der Waals surface area contributed by atoms with Gasteiger partial charge in [-0.3, -0.25) is 4.79 Å². The van der Waals surface area contributed by atoms with E-state index >= 15 is 0 Å². The molecule has 1 rings (SSSR count). The predicted octanol–water partition coefficient (Wildman–Crippen LogP) is 3.46. The van der Waals surface area contributed by atoms with E-state index in [1.807, 2.05) is 19.1 Å². The van der Waals surface area contributed by atoms with Crippen LogP contribution in [0.25, 0.3) is 0 Å². The molecule has 0 heterocycles. The van der Waals surface area contributed by atoms with Crippen molar-refractivity contribution in [2.75, 3.05) is 12.4 Å². The summed E-state index contributed by atoms with van der Waals surface area (Å²) in [5.41, 5.74) is 2.32. The second-order valence-electron chi connectivity index (χ2n) is 4.95. The van der Waals surface area contributed by atoms with Gasteiger partial charge in [0.15, 0.2) is 0 Å². The molecule has 0 saturated heterocycles. The number of carbonyl (C=O) groups excluding carboxylic acids is 1. The van der Waals surface area contributed by atoms with Crippen LogP contribution in [0.4, 0.5) is 0 Å². The predicted molar refractivity (Wildman–Crippen MR) is 78.2 cm³/mol. The van der Waals surface area contributed by atoms with Crippen LogP contribution in [0.5, 0.6) is 0 Å². The van der Waals surface area contributed by atoms with Gasteiger partial charge in [-0.05, 0) is 30.4 Å². The minimum absolute atomic E-state index is 0.180. The monoisotopic (exact) mass is 266 g/mol. The van der Waals surface area contributed by atoms with Crippen LogP contribution in [-0.2, 0) is 16.0 Å². The van der Waals surface area contributed by atoms with E-state index < -0.39 is 0 Å². The van der Waals surface area contributed by atoms with Crippen molar-refractivity contribution in [1.29, 1.82) is 0 Å². The Kier molecular flexibility index (Phi) is 6.27. The first kappa shape index (κ1) is 15.1. The molecule has 0 aromatic heterocycles. The second-order valence-corrected chi connectivity index (χ2v) is 5.40. The first-order chi connectivity index (χ1) is 8.54. The molecule has 1 aromatic carbocycles. The standard InChI is InChI=1S/C15H22O2S/c1-11(2)10-13-4-6-14(7-5-13)12(3)15(16)17-8-9-18/h4-7,11-12,18H,8-10H2,1-3H3. The van der Waals surface area contributed by atoms with E-state index in [1.165, 1.54) is 5.56 Å². The van der Waals surface area contributed by atoms with Crippen LogP contribution < -0.4 is 0 Å². The summed E-state index contributed by atoms with van der Waals surface area (Å²) in [6.07, 6.45) is 1.07. The van der Waals surface area contributed by atoms with Gasteiger partial charge in [0.05, 0.1) is 5.92 Å². The summed E-state index contributed by atoms with van der Waals surface area (Å²) in [6.45, 7) is 6.65. The highest BCUT2D eigenvalue weighted by molar-refractivity contribution is 7.80. The van der Waals surface area contributed by atoms with Gasteiger partial charge in [0.2, 0.25) is 0 Å². The van der Waals surface area contributed by atoms with Crippen molar-refractivity contribution < 1.29 is 9.53 Å². The van der Waals surface area contributed by atoms with Crippen molar-refractivity contribution in [3.05, 3.63) is 35.4 Å². The molecular formula is C15H22O2S. The maximum atomic E-state index is 11.7. The Labute approximate surface area is 115 Å². The van der Waals surface area contributed by atoms with Gasteiger partial charge in [0.1, 0.15) is 6.61 Å². The molecule has 0 aliphatic carbocycles. The third-order valence-electron chi connectivity index (χ3n) is 2.81. The first-order valence-corrected chi connectivity index (χ1v) is 7.04. The van der Waals surface area contributed by atoms with Crippen molar-refractivity contribution in [2.24, 2.45) is 5.92 Å². The summed E-state index contributed by atoms with van der Waals surface area (Å²) < 4.78 is 5.09. The highest BCUT2D eigenvalue weighted by Gasteiger charge is 2.16. The van der Waals surface area contributed by atoms with Gasteiger partial charge >= 0.3 is 5.97 Å². The molecule has 0 aliphatic rings. The molecule has 18 heavy (non-hydrogen) atoms. The summed E-state index contributed by atoms with van der Waals surface area (Å²) in [5.74, 6) is 0.818. The molecule has 100 valence electrons. The molecule has 1 atom stereocenters. The fourth-order valence-corrected chi connectivity index (χ4v) is 1.91. The summed E-state index contributed by atoms with van der Waals surface area (Å²) in [5, 5.41) is 0. The lowest BCUT2D eigenvalue weighted by Gasteiger charge is -2.12. The molecule has 1 unspecified atom stereocenters. The molecule has 0 spiro atoms. The van der Waals surface area contributed by atoms with Gasteiger partial charge in [0.25, 0.3) is 0 Å². The molecule has 0 aliphatic heterocycles. The Bertz CT molecular complexity index is 371. The van der Waals surface area contributed by atoms with Crippen LogP contribution in [0, 0.1) is 5.92 Å². The first-order valence-electron chi connectivity index (χ1n) is 6.41. The molecule has 0 N–H and O–H groups in total. The van der Waals surface area contributed by atoms with E-state index in [0.29, 0.717) is 18.3 Å². The van der Waals surface area contributed by atoms with Gasteiger partial charge in [-0.1, -0.05) is 38.1 Å². The number of hydrogen-bond donors (Lipinski definition) is 1. The smallest absolute Gasteiger partial charge is 0.313 e. The van der Waals surface area contributed by atoms with E-state index in [-0.39, 0.29) is 11.9 Å². The number of esters is 1. The number of rotatable bonds is 6. The maximum absolute atomic E-state index is 11.7. The molecule has 0 fully saturated rings. The fourth-order valence-electron chi connectivity index (χ4n) is 1.82. The van der Waals surface area contributed by atoms with Gasteiger partial charge in [-0.2, -0.15) is 12.6 Å². The third kappa shape index (κ3) is 4.73. The van der Waals surface area contributed by atoms with Crippen molar-refractivity contribution in [3.8, 4) is 0 Å². The van der Waals surface area contributed by atoms with Crippen molar-refractivity contribution in [2.45, 2.75) is 33.1 Å². The largest absolute Gasteiger partial charge is 0.464 e. The molecule has 2 nitrogen and oxygen atoms in total. The van der Waals surface area contributed by atoms with E-state index in [9.17, 15) is 4.79 Å². The van der Waals surface area contributed by atoms with Crippen LogP contribution in [-0.4, -0.2) is 18.3 Å². The normalized spacial score (nSPS) is 12.5. The van der Waals surface area contributed by atoms with Crippen molar-refractivity contribution >= 4 is 18.6 Å². The Morgan fingerprint density at radius 2 is 1.83 bits per heavy atom. The SMILES string of the molecule is CC(C)Cc1ccc(C(C)C(=O)OCCS)cc1. The van der Waals surface area contributed by atoms with Crippen molar-refractivity contribution in [1.82, 2.24) is 0 Å².